The highest BCUT2D eigenvalue weighted by molar-refractivity contribution is 6.33. The van der Waals surface area contributed by atoms with Crippen molar-refractivity contribution >= 4 is 24.0 Å². The van der Waals surface area contributed by atoms with Gasteiger partial charge in [-0.15, -0.1) is 19.0 Å². The molecular formula is C11H15Cl2NO2. The van der Waals surface area contributed by atoms with Crippen LogP contribution in [0.25, 0.3) is 0 Å². The summed E-state index contributed by atoms with van der Waals surface area (Å²) in [4.78, 5) is 0. The SMILES string of the molecule is C=C[C@@H](N)c1ccc(OC)c(OC)c1Cl.Cl. The van der Waals surface area contributed by atoms with E-state index in [1.807, 2.05) is 0 Å². The summed E-state index contributed by atoms with van der Waals surface area (Å²) in [5.74, 6) is 1.08. The molecule has 0 aliphatic heterocycles. The van der Waals surface area contributed by atoms with Gasteiger partial charge in [-0.05, 0) is 11.6 Å². The molecule has 90 valence electrons. The summed E-state index contributed by atoms with van der Waals surface area (Å²) in [5.41, 5.74) is 6.58. The van der Waals surface area contributed by atoms with Crippen LogP contribution in [0.1, 0.15) is 11.6 Å². The first kappa shape index (κ1) is 15.1. The molecule has 0 radical (unpaired) electrons. The molecule has 1 atom stereocenters. The molecule has 0 heterocycles. The number of rotatable bonds is 4. The van der Waals surface area contributed by atoms with Gasteiger partial charge in [0.05, 0.1) is 19.2 Å². The van der Waals surface area contributed by atoms with Crippen molar-refractivity contribution in [3.63, 3.8) is 0 Å². The maximum atomic E-state index is 6.13. The number of benzene rings is 1. The van der Waals surface area contributed by atoms with Crippen LogP contribution in [-0.2, 0) is 0 Å². The third kappa shape index (κ3) is 2.82. The Kier molecular flexibility index (Phi) is 6.26. The van der Waals surface area contributed by atoms with E-state index in [0.29, 0.717) is 16.5 Å². The summed E-state index contributed by atoms with van der Waals surface area (Å²) in [6, 6.07) is 3.26. The standard InChI is InChI=1S/C11H14ClNO2.ClH/c1-4-8(13)7-5-6-9(14-2)11(15-3)10(7)12;/h4-6,8H,1,13H2,2-3H3;1H/t8-;/m1./s1. The fourth-order valence-corrected chi connectivity index (χ4v) is 1.65. The number of methoxy groups -OCH3 is 2. The lowest BCUT2D eigenvalue weighted by molar-refractivity contribution is 0.354. The molecule has 0 aromatic heterocycles. The first-order chi connectivity index (χ1) is 7.15. The molecule has 0 aliphatic rings. The Bertz CT molecular complexity index is 369. The van der Waals surface area contributed by atoms with Gasteiger partial charge in [0.15, 0.2) is 11.5 Å². The molecule has 5 heteroatoms. The van der Waals surface area contributed by atoms with Crippen molar-refractivity contribution in [1.29, 1.82) is 0 Å². The van der Waals surface area contributed by atoms with Crippen LogP contribution in [0.2, 0.25) is 5.02 Å². The number of hydrogen-bond acceptors (Lipinski definition) is 3. The van der Waals surface area contributed by atoms with Gasteiger partial charge < -0.3 is 15.2 Å². The van der Waals surface area contributed by atoms with Gasteiger partial charge >= 0.3 is 0 Å². The van der Waals surface area contributed by atoms with Gasteiger partial charge in [-0.2, -0.15) is 0 Å². The van der Waals surface area contributed by atoms with Gasteiger partial charge in [-0.1, -0.05) is 23.7 Å². The first-order valence-corrected chi connectivity index (χ1v) is 4.82. The van der Waals surface area contributed by atoms with Gasteiger partial charge in [-0.3, -0.25) is 0 Å². The van der Waals surface area contributed by atoms with Crippen molar-refractivity contribution < 1.29 is 9.47 Å². The minimum Gasteiger partial charge on any atom is -0.493 e. The molecule has 1 aromatic carbocycles. The third-order valence-corrected chi connectivity index (χ3v) is 2.52. The predicted molar refractivity (Wildman–Crippen MR) is 68.9 cm³/mol. The highest BCUT2D eigenvalue weighted by Crippen LogP contribution is 2.39. The second kappa shape index (κ2) is 6.63. The molecule has 0 unspecified atom stereocenters. The number of ether oxygens (including phenoxy) is 2. The van der Waals surface area contributed by atoms with Crippen molar-refractivity contribution in [3.05, 3.63) is 35.4 Å². The largest absolute Gasteiger partial charge is 0.493 e. The lowest BCUT2D eigenvalue weighted by Crippen LogP contribution is -2.08. The fraction of sp³-hybridized carbons (Fsp3) is 0.273. The average molecular weight is 264 g/mol. The zero-order valence-corrected chi connectivity index (χ0v) is 10.8. The molecule has 0 amide bonds. The van der Waals surface area contributed by atoms with E-state index in [-0.39, 0.29) is 18.4 Å². The second-order valence-electron chi connectivity index (χ2n) is 2.97. The summed E-state index contributed by atoms with van der Waals surface area (Å²) in [7, 11) is 3.09. The quantitative estimate of drug-likeness (QED) is 0.850. The van der Waals surface area contributed by atoms with Gasteiger partial charge in [-0.25, -0.2) is 0 Å². The highest BCUT2D eigenvalue weighted by Gasteiger charge is 2.15. The van der Waals surface area contributed by atoms with E-state index >= 15 is 0 Å². The number of nitrogens with two attached hydrogens (primary N) is 1. The minimum atomic E-state index is -0.308. The molecule has 0 bridgehead atoms. The first-order valence-electron chi connectivity index (χ1n) is 4.44. The summed E-state index contributed by atoms with van der Waals surface area (Å²) >= 11 is 6.13. The third-order valence-electron chi connectivity index (χ3n) is 2.13. The zero-order valence-electron chi connectivity index (χ0n) is 9.20. The topological polar surface area (TPSA) is 44.5 Å². The maximum Gasteiger partial charge on any atom is 0.179 e. The molecule has 16 heavy (non-hydrogen) atoms. The molecule has 1 rings (SSSR count). The number of halogens is 2. The van der Waals surface area contributed by atoms with Crippen molar-refractivity contribution in [3.8, 4) is 11.5 Å². The van der Waals surface area contributed by atoms with Crippen LogP contribution in [-0.4, -0.2) is 14.2 Å². The lowest BCUT2D eigenvalue weighted by Gasteiger charge is -2.14. The Labute approximate surface area is 107 Å². The van der Waals surface area contributed by atoms with Crippen LogP contribution in [0.15, 0.2) is 24.8 Å². The molecule has 2 N–H and O–H groups in total. The monoisotopic (exact) mass is 263 g/mol. The van der Waals surface area contributed by atoms with Crippen LogP contribution in [0.4, 0.5) is 0 Å². The molecule has 0 saturated carbocycles. The molecule has 0 fully saturated rings. The Morgan fingerprint density at radius 2 is 2.00 bits per heavy atom. The van der Waals surface area contributed by atoms with Crippen LogP contribution in [0, 0.1) is 0 Å². The molecule has 3 nitrogen and oxygen atoms in total. The van der Waals surface area contributed by atoms with Crippen LogP contribution >= 0.6 is 24.0 Å². The minimum absolute atomic E-state index is 0. The maximum absolute atomic E-state index is 6.13. The van der Waals surface area contributed by atoms with Crippen LogP contribution in [0.3, 0.4) is 0 Å². The van der Waals surface area contributed by atoms with E-state index in [1.165, 1.54) is 7.11 Å². The smallest absolute Gasteiger partial charge is 0.179 e. The molecule has 0 aliphatic carbocycles. The summed E-state index contributed by atoms with van der Waals surface area (Å²) < 4.78 is 10.3. The van der Waals surface area contributed by atoms with Gasteiger partial charge in [0.2, 0.25) is 0 Å². The van der Waals surface area contributed by atoms with Gasteiger partial charge in [0.1, 0.15) is 0 Å². The lowest BCUT2D eigenvalue weighted by atomic mass is 10.1. The second-order valence-corrected chi connectivity index (χ2v) is 3.34. The van der Waals surface area contributed by atoms with Crippen molar-refractivity contribution in [2.75, 3.05) is 14.2 Å². The predicted octanol–water partition coefficient (Wildman–Crippen LogP) is 2.96. The van der Waals surface area contributed by atoms with Crippen LogP contribution < -0.4 is 15.2 Å². The Hall–Kier alpha value is -0.900. The van der Waals surface area contributed by atoms with E-state index in [9.17, 15) is 0 Å². The van der Waals surface area contributed by atoms with E-state index < -0.39 is 0 Å². The van der Waals surface area contributed by atoms with Crippen molar-refractivity contribution in [2.45, 2.75) is 6.04 Å². The van der Waals surface area contributed by atoms with E-state index in [2.05, 4.69) is 6.58 Å². The summed E-state index contributed by atoms with van der Waals surface area (Å²) in [6.07, 6.45) is 1.62. The van der Waals surface area contributed by atoms with E-state index in [1.54, 1.807) is 25.3 Å². The Balaban J connectivity index is 0.00000225. The molecule has 1 aromatic rings. The highest BCUT2D eigenvalue weighted by atomic mass is 35.5. The van der Waals surface area contributed by atoms with Gasteiger partial charge in [0, 0.05) is 6.04 Å². The normalized spacial score (nSPS) is 11.2. The molecular weight excluding hydrogens is 249 g/mol. The van der Waals surface area contributed by atoms with E-state index in [4.69, 9.17) is 26.8 Å². The average Bonchev–Trinajstić information content (AvgIpc) is 2.27. The Morgan fingerprint density at radius 3 is 2.44 bits per heavy atom. The van der Waals surface area contributed by atoms with Crippen molar-refractivity contribution in [2.24, 2.45) is 5.73 Å². The Morgan fingerprint density at radius 1 is 1.38 bits per heavy atom. The van der Waals surface area contributed by atoms with Crippen LogP contribution in [0.5, 0.6) is 11.5 Å². The van der Waals surface area contributed by atoms with Crippen molar-refractivity contribution in [1.82, 2.24) is 0 Å². The number of hydrogen-bond donors (Lipinski definition) is 1. The molecule has 0 saturated heterocycles. The summed E-state index contributed by atoms with van der Waals surface area (Å²) in [5, 5.41) is 0.462. The fourth-order valence-electron chi connectivity index (χ4n) is 1.29. The molecule has 0 spiro atoms. The zero-order chi connectivity index (χ0) is 11.4. The van der Waals surface area contributed by atoms with Gasteiger partial charge in [0.25, 0.3) is 0 Å². The summed E-state index contributed by atoms with van der Waals surface area (Å²) in [6.45, 7) is 3.62. The van der Waals surface area contributed by atoms with E-state index in [0.717, 1.165) is 5.56 Å².